The summed E-state index contributed by atoms with van der Waals surface area (Å²) in [5.41, 5.74) is 5.26. The summed E-state index contributed by atoms with van der Waals surface area (Å²) in [5, 5.41) is 9.24. The summed E-state index contributed by atoms with van der Waals surface area (Å²) in [7, 11) is 5.64. The highest BCUT2D eigenvalue weighted by molar-refractivity contribution is 5.94. The van der Waals surface area contributed by atoms with Gasteiger partial charge in [0.05, 0.1) is 36.9 Å². The molecule has 3 fully saturated rings. The van der Waals surface area contributed by atoms with Crippen LogP contribution >= 0.6 is 0 Å². The van der Waals surface area contributed by atoms with E-state index in [2.05, 4.69) is 20.0 Å². The topological polar surface area (TPSA) is 229 Å². The van der Waals surface area contributed by atoms with Crippen molar-refractivity contribution in [2.45, 2.75) is 208 Å². The smallest absolute Gasteiger partial charge is 0.329 e. The Kier molecular flexibility index (Phi) is 25.8. The number of esters is 4. The van der Waals surface area contributed by atoms with Gasteiger partial charge in [-0.3, -0.25) is 28.5 Å². The lowest BCUT2D eigenvalue weighted by Gasteiger charge is -2.35. The van der Waals surface area contributed by atoms with Gasteiger partial charge in [0.15, 0.2) is 24.4 Å². The molecule has 0 radical (unpaired) electrons. The van der Waals surface area contributed by atoms with Gasteiger partial charge in [-0.2, -0.15) is 10.2 Å². The average molecular weight is 1280 g/mol. The first-order valence-electron chi connectivity index (χ1n) is 33.3. The third-order valence-electron chi connectivity index (χ3n) is 17.7. The van der Waals surface area contributed by atoms with E-state index in [1.54, 1.807) is 0 Å². The Hall–Kier alpha value is -7.78. The molecule has 0 spiro atoms. The standard InChI is InChI=1S/C70H102N10O12/c1-45(2)33-57-67(85)89-49(9)63(81)73(11)60(36-48(7)8)70(88)92-62(38-52-23-27-54(28-24-52)42-80-44-56(40-72-80)78-31-19-16-20-32-78)66(84)76(14)58(34-46(3)4)68(86)90-50(10)64(82)74(12)59(35-47(5)6)69(87)91-61(65(83)75(57)13)37-51-21-25-53(26-22-51)41-79-43-55(39-71-79)77-29-17-15-18-30-77/h21-28,39-40,43-50,57-62H,15-20,29-38,41-42H2,1-14H3/t49-,50-,57+,58+,59+,60+,61-,62-/m1/s1. The maximum Gasteiger partial charge on any atom is 0.329 e. The van der Waals surface area contributed by atoms with E-state index in [1.165, 1.54) is 64.7 Å². The first kappa shape index (κ1) is 71.7. The molecule has 3 aliphatic rings. The maximum atomic E-state index is 15.2. The van der Waals surface area contributed by atoms with E-state index in [0.717, 1.165) is 84.2 Å². The summed E-state index contributed by atoms with van der Waals surface area (Å²) in [5.74, 6) is -7.38. The van der Waals surface area contributed by atoms with Crippen LogP contribution in [0, 0.1) is 23.7 Å². The molecule has 0 aliphatic carbocycles. The van der Waals surface area contributed by atoms with Gasteiger partial charge >= 0.3 is 23.9 Å². The maximum absolute atomic E-state index is 15.2. The molecule has 92 heavy (non-hydrogen) atoms. The lowest BCUT2D eigenvalue weighted by Crippen LogP contribution is -2.55. The number of likely N-dealkylation sites (N-methyl/N-ethyl adjacent to an activating group) is 4. The molecule has 0 unspecified atom stereocenters. The molecule has 504 valence electrons. The molecule has 3 saturated heterocycles. The molecule has 2 aromatic heterocycles. The number of hydrogen-bond acceptors (Lipinski definition) is 16. The zero-order valence-electron chi connectivity index (χ0n) is 57.0. The zero-order valence-corrected chi connectivity index (χ0v) is 57.0. The predicted octanol–water partition coefficient (Wildman–Crippen LogP) is 8.14. The van der Waals surface area contributed by atoms with Crippen molar-refractivity contribution < 1.29 is 57.3 Å². The third-order valence-corrected chi connectivity index (χ3v) is 17.7. The Labute approximate surface area is 544 Å². The van der Waals surface area contributed by atoms with Gasteiger partial charge in [-0.25, -0.2) is 19.2 Å². The number of carbonyl (C=O) groups excluding carboxylic acids is 8. The average Bonchev–Trinajstić information content (AvgIpc) is 1.18. The second-order valence-corrected chi connectivity index (χ2v) is 27.3. The van der Waals surface area contributed by atoms with Crippen molar-refractivity contribution in [1.82, 2.24) is 39.2 Å². The molecule has 4 aromatic rings. The normalized spacial score (nSPS) is 23.8. The van der Waals surface area contributed by atoms with Crippen molar-refractivity contribution in [3.05, 3.63) is 95.6 Å². The molecule has 0 N–H and O–H groups in total. The molecule has 8 atom stereocenters. The molecular formula is C70H102N10O12. The molecular weight excluding hydrogens is 1170 g/mol. The number of aromatic nitrogens is 4. The monoisotopic (exact) mass is 1270 g/mol. The highest BCUT2D eigenvalue weighted by atomic mass is 16.6. The van der Waals surface area contributed by atoms with E-state index in [-0.39, 0.29) is 62.2 Å². The van der Waals surface area contributed by atoms with E-state index in [1.807, 2.05) is 138 Å². The number of anilines is 2. The number of rotatable bonds is 18. The van der Waals surface area contributed by atoms with Crippen molar-refractivity contribution in [2.24, 2.45) is 23.7 Å². The van der Waals surface area contributed by atoms with Crippen LogP contribution < -0.4 is 9.80 Å². The third kappa shape index (κ3) is 19.6. The number of nitrogens with zero attached hydrogens (tertiary/aromatic N) is 10. The summed E-state index contributed by atoms with van der Waals surface area (Å²) in [6.07, 6.45) is 8.85. The second-order valence-electron chi connectivity index (χ2n) is 27.3. The number of cyclic esters (lactones) is 4. The Bertz CT molecular complexity index is 2890. The number of ether oxygens (including phenoxy) is 4. The summed E-state index contributed by atoms with van der Waals surface area (Å²) < 4.78 is 28.3. The summed E-state index contributed by atoms with van der Waals surface area (Å²) in [4.78, 5) is 128. The van der Waals surface area contributed by atoms with Crippen LogP contribution in [0.4, 0.5) is 11.4 Å². The lowest BCUT2D eigenvalue weighted by molar-refractivity contribution is -0.176. The molecule has 0 bridgehead atoms. The van der Waals surface area contributed by atoms with Crippen LogP contribution in [0.2, 0.25) is 0 Å². The van der Waals surface area contributed by atoms with Crippen molar-refractivity contribution in [1.29, 1.82) is 0 Å². The summed E-state index contributed by atoms with van der Waals surface area (Å²) >= 11 is 0. The van der Waals surface area contributed by atoms with Gasteiger partial charge in [-0.05, 0) is 124 Å². The van der Waals surface area contributed by atoms with Gasteiger partial charge in [0.1, 0.15) is 24.2 Å². The van der Waals surface area contributed by atoms with E-state index in [4.69, 9.17) is 18.9 Å². The van der Waals surface area contributed by atoms with Crippen LogP contribution in [-0.4, -0.2) is 190 Å². The number of benzene rings is 2. The van der Waals surface area contributed by atoms with Crippen LogP contribution in [0.1, 0.15) is 156 Å². The zero-order chi connectivity index (χ0) is 67.1. The minimum Gasteiger partial charge on any atom is -0.451 e. The molecule has 3 aliphatic heterocycles. The molecule has 22 heteroatoms. The molecule has 7 rings (SSSR count). The number of piperidine rings is 2. The highest BCUT2D eigenvalue weighted by Gasteiger charge is 2.43. The Balaban J connectivity index is 1.21. The van der Waals surface area contributed by atoms with Crippen LogP contribution in [-0.2, 0) is 83.2 Å². The van der Waals surface area contributed by atoms with Crippen molar-refractivity contribution >= 4 is 58.9 Å². The lowest BCUT2D eigenvalue weighted by atomic mass is 9.99. The fraction of sp³-hybridized carbons (Fsp3) is 0.629. The van der Waals surface area contributed by atoms with E-state index >= 15 is 9.59 Å². The quantitative estimate of drug-likeness (QED) is 0.0676. The van der Waals surface area contributed by atoms with Gasteiger partial charge in [-0.1, -0.05) is 104 Å². The van der Waals surface area contributed by atoms with Crippen LogP contribution in [0.5, 0.6) is 0 Å². The van der Waals surface area contributed by atoms with Gasteiger partial charge in [0.25, 0.3) is 23.6 Å². The molecule has 5 heterocycles. The Morgan fingerprint density at radius 1 is 0.391 bits per heavy atom. The minimum atomic E-state index is -1.54. The van der Waals surface area contributed by atoms with E-state index in [0.29, 0.717) is 24.2 Å². The fourth-order valence-electron chi connectivity index (χ4n) is 12.4. The molecule has 2 aromatic carbocycles. The van der Waals surface area contributed by atoms with Crippen molar-refractivity contribution in [2.75, 3.05) is 64.2 Å². The summed E-state index contributed by atoms with van der Waals surface area (Å²) in [6.45, 7) is 22.6. The van der Waals surface area contributed by atoms with Crippen LogP contribution in [0.25, 0.3) is 0 Å². The van der Waals surface area contributed by atoms with Crippen molar-refractivity contribution in [3.63, 3.8) is 0 Å². The van der Waals surface area contributed by atoms with Gasteiger partial charge in [0.2, 0.25) is 0 Å². The molecule has 4 amide bonds. The highest BCUT2D eigenvalue weighted by Crippen LogP contribution is 2.27. The summed E-state index contributed by atoms with van der Waals surface area (Å²) in [6, 6.07) is 9.85. The first-order valence-corrected chi connectivity index (χ1v) is 33.3. The number of amides is 4. The van der Waals surface area contributed by atoms with Gasteiger partial charge in [0, 0.05) is 79.6 Å². The Morgan fingerprint density at radius 2 is 0.663 bits per heavy atom. The van der Waals surface area contributed by atoms with Crippen LogP contribution in [0.15, 0.2) is 73.3 Å². The first-order chi connectivity index (χ1) is 43.7. The predicted molar refractivity (Wildman–Crippen MR) is 350 cm³/mol. The SMILES string of the molecule is CC(C)C[C@H]1C(=O)O[C@H](Cc2ccc(Cn3cc(N4CCCCC4)cn3)cc2)C(=O)N(C)[C@@H](CC(C)C)C(=O)O[C@H](C)C(=O)N(C)[C@@H](CC(C)C)C(=O)O[C@H](Cc2ccc(Cn3cc(N4CCCCC4)cn3)cc2)C(=O)N(C)[C@@H](CC(C)C)C(=O)O[C@H](C)C(=O)N1C. The van der Waals surface area contributed by atoms with E-state index < -0.39 is 96.1 Å². The number of carbonyl (C=O) groups is 8. The second kappa shape index (κ2) is 33.2. The van der Waals surface area contributed by atoms with E-state index in [9.17, 15) is 28.8 Å². The van der Waals surface area contributed by atoms with Gasteiger partial charge < -0.3 is 48.3 Å². The van der Waals surface area contributed by atoms with Gasteiger partial charge in [-0.15, -0.1) is 0 Å². The molecule has 22 nitrogen and oxygen atoms in total. The van der Waals surface area contributed by atoms with Crippen LogP contribution in [0.3, 0.4) is 0 Å². The largest absolute Gasteiger partial charge is 0.451 e. The fourth-order valence-corrected chi connectivity index (χ4v) is 12.4. The molecule has 0 saturated carbocycles. The minimum absolute atomic E-state index is 0.0842. The Morgan fingerprint density at radius 3 is 0.957 bits per heavy atom. The van der Waals surface area contributed by atoms with Crippen molar-refractivity contribution in [3.8, 4) is 0 Å². The number of hydrogen-bond donors (Lipinski definition) is 0.